The molecular weight excluding hydrogens is 458 g/mol. The minimum Gasteiger partial charge on any atom is -0.352 e. The van der Waals surface area contributed by atoms with E-state index in [9.17, 15) is 14.4 Å². The van der Waals surface area contributed by atoms with Gasteiger partial charge in [0.1, 0.15) is 0 Å². The van der Waals surface area contributed by atoms with Crippen molar-refractivity contribution in [2.45, 2.75) is 19.4 Å². The molecular formula is C23H19N5O3S2. The van der Waals surface area contributed by atoms with Gasteiger partial charge in [0.2, 0.25) is 5.91 Å². The number of rotatable bonds is 6. The number of hydrogen-bond acceptors (Lipinski definition) is 7. The number of carbonyl (C=O) groups is 3. The Morgan fingerprint density at radius 2 is 2.09 bits per heavy atom. The van der Waals surface area contributed by atoms with Crippen LogP contribution in [0.15, 0.2) is 59.6 Å². The minimum absolute atomic E-state index is 0.120. The predicted octanol–water partition coefficient (Wildman–Crippen LogP) is 3.70. The van der Waals surface area contributed by atoms with Crippen molar-refractivity contribution in [1.82, 2.24) is 20.1 Å². The molecule has 8 nitrogen and oxygen atoms in total. The molecule has 2 N–H and O–H groups in total. The standard InChI is InChI=1S/C23H19N5O3S2/c29-19-11-16(10-18-20(19)33-23(26-18)27-22(31)15-5-8-32-13-15)21(30)24-12-14-3-1-4-17(9-14)28-7-2-6-25-28/h1-9,13,16H,10-12H2,(H,24,30)(H,26,27,31)/t16-/m1/s1. The van der Waals surface area contributed by atoms with Gasteiger partial charge in [0.15, 0.2) is 10.9 Å². The molecule has 1 aliphatic rings. The Morgan fingerprint density at radius 1 is 1.18 bits per heavy atom. The topological polar surface area (TPSA) is 106 Å². The van der Waals surface area contributed by atoms with Crippen molar-refractivity contribution < 1.29 is 14.4 Å². The van der Waals surface area contributed by atoms with Gasteiger partial charge < -0.3 is 5.32 Å². The fourth-order valence-corrected chi connectivity index (χ4v) is 5.27. The molecule has 0 aliphatic heterocycles. The SMILES string of the molecule is O=C(Nc1nc2c(s1)C(=O)C[C@H](C(=O)NCc1cccc(-n3cccn3)c1)C2)c1ccsc1. The highest BCUT2D eigenvalue weighted by Gasteiger charge is 2.33. The summed E-state index contributed by atoms with van der Waals surface area (Å²) in [6, 6.07) is 11.3. The molecule has 0 bridgehead atoms. The summed E-state index contributed by atoms with van der Waals surface area (Å²) in [6.45, 7) is 0.352. The summed E-state index contributed by atoms with van der Waals surface area (Å²) in [6.07, 6.45) is 4.06. The maximum Gasteiger partial charge on any atom is 0.258 e. The number of thiazole rings is 1. The highest BCUT2D eigenvalue weighted by Crippen LogP contribution is 2.32. The Hall–Kier alpha value is -3.63. The van der Waals surface area contributed by atoms with E-state index in [1.807, 2.05) is 41.9 Å². The van der Waals surface area contributed by atoms with Gasteiger partial charge in [-0.1, -0.05) is 23.5 Å². The molecule has 0 radical (unpaired) electrons. The van der Waals surface area contributed by atoms with E-state index in [0.29, 0.717) is 34.2 Å². The van der Waals surface area contributed by atoms with Gasteiger partial charge in [-0.25, -0.2) is 9.67 Å². The number of carbonyl (C=O) groups excluding carboxylic acids is 3. The third kappa shape index (κ3) is 4.62. The molecule has 33 heavy (non-hydrogen) atoms. The molecule has 0 saturated carbocycles. The molecule has 1 aliphatic carbocycles. The quantitative estimate of drug-likeness (QED) is 0.440. The maximum atomic E-state index is 12.8. The lowest BCUT2D eigenvalue weighted by atomic mass is 9.89. The zero-order valence-corrected chi connectivity index (χ0v) is 19.0. The van der Waals surface area contributed by atoms with Crippen LogP contribution < -0.4 is 10.6 Å². The highest BCUT2D eigenvalue weighted by atomic mass is 32.1. The van der Waals surface area contributed by atoms with Crippen LogP contribution in [-0.4, -0.2) is 32.4 Å². The summed E-state index contributed by atoms with van der Waals surface area (Å²) in [4.78, 5) is 42.7. The first-order valence-corrected chi connectivity index (χ1v) is 12.1. The van der Waals surface area contributed by atoms with Gasteiger partial charge in [0.25, 0.3) is 5.91 Å². The minimum atomic E-state index is -0.484. The third-order valence-electron chi connectivity index (χ3n) is 5.34. The fraction of sp³-hybridized carbons (Fsp3) is 0.174. The zero-order valence-electron chi connectivity index (χ0n) is 17.4. The molecule has 1 aromatic carbocycles. The number of aromatic nitrogens is 3. The smallest absolute Gasteiger partial charge is 0.258 e. The number of hydrogen-bond donors (Lipinski definition) is 2. The van der Waals surface area contributed by atoms with Gasteiger partial charge in [-0.15, -0.1) is 0 Å². The van der Waals surface area contributed by atoms with Crippen LogP contribution in [0.5, 0.6) is 0 Å². The number of nitrogens with zero attached hydrogens (tertiary/aromatic N) is 3. The van der Waals surface area contributed by atoms with E-state index < -0.39 is 5.92 Å². The molecule has 1 atom stereocenters. The summed E-state index contributed by atoms with van der Waals surface area (Å²) >= 11 is 2.60. The first kappa shape index (κ1) is 21.2. The molecule has 5 rings (SSSR count). The summed E-state index contributed by atoms with van der Waals surface area (Å²) in [5.41, 5.74) is 2.96. The number of nitrogens with one attached hydrogen (secondary N) is 2. The molecule has 2 amide bonds. The van der Waals surface area contributed by atoms with Crippen molar-refractivity contribution in [2.75, 3.05) is 5.32 Å². The number of fused-ring (bicyclic) bond motifs is 1. The van der Waals surface area contributed by atoms with E-state index in [4.69, 9.17) is 0 Å². The Bertz CT molecular complexity index is 1310. The van der Waals surface area contributed by atoms with E-state index in [2.05, 4.69) is 20.7 Å². The van der Waals surface area contributed by atoms with Crippen LogP contribution in [0, 0.1) is 5.92 Å². The van der Waals surface area contributed by atoms with Crippen LogP contribution in [0.25, 0.3) is 5.69 Å². The number of amides is 2. The molecule has 10 heteroatoms. The van der Waals surface area contributed by atoms with Gasteiger partial charge in [0.05, 0.1) is 27.7 Å². The Labute approximate surface area is 197 Å². The Morgan fingerprint density at radius 3 is 2.88 bits per heavy atom. The molecule has 3 heterocycles. The van der Waals surface area contributed by atoms with Crippen LogP contribution in [0.4, 0.5) is 5.13 Å². The van der Waals surface area contributed by atoms with Crippen molar-refractivity contribution in [1.29, 1.82) is 0 Å². The predicted molar refractivity (Wildman–Crippen MR) is 126 cm³/mol. The number of ketones is 1. The average molecular weight is 478 g/mol. The van der Waals surface area contributed by atoms with Crippen molar-refractivity contribution in [3.05, 3.63) is 81.2 Å². The molecule has 0 saturated heterocycles. The average Bonchev–Trinajstić information content (AvgIpc) is 3.59. The Kier molecular flexibility index (Phi) is 5.84. The number of Topliss-reactive ketones (excluding diaryl/α,β-unsaturated/α-hetero) is 1. The van der Waals surface area contributed by atoms with Crippen molar-refractivity contribution >= 4 is 45.4 Å². The summed E-state index contributed by atoms with van der Waals surface area (Å²) < 4.78 is 1.75. The van der Waals surface area contributed by atoms with Gasteiger partial charge >= 0.3 is 0 Å². The largest absolute Gasteiger partial charge is 0.352 e. The number of anilines is 1. The summed E-state index contributed by atoms with van der Waals surface area (Å²) in [5, 5.41) is 13.8. The normalized spacial score (nSPS) is 15.2. The summed E-state index contributed by atoms with van der Waals surface area (Å²) in [7, 11) is 0. The second-order valence-corrected chi connectivity index (χ2v) is 9.41. The molecule has 0 spiro atoms. The fourth-order valence-electron chi connectivity index (χ4n) is 3.70. The first-order chi connectivity index (χ1) is 16.1. The van der Waals surface area contributed by atoms with E-state index >= 15 is 0 Å². The lowest BCUT2D eigenvalue weighted by Crippen LogP contribution is -2.35. The number of thiophene rings is 1. The van der Waals surface area contributed by atoms with Crippen molar-refractivity contribution in [2.24, 2.45) is 5.92 Å². The van der Waals surface area contributed by atoms with E-state index in [0.717, 1.165) is 22.6 Å². The van der Waals surface area contributed by atoms with Crippen LogP contribution in [0.2, 0.25) is 0 Å². The van der Waals surface area contributed by atoms with Crippen LogP contribution in [0.1, 0.15) is 37.7 Å². The highest BCUT2D eigenvalue weighted by molar-refractivity contribution is 7.17. The second-order valence-electron chi connectivity index (χ2n) is 7.63. The maximum absolute atomic E-state index is 12.8. The van der Waals surface area contributed by atoms with E-state index in [1.54, 1.807) is 22.3 Å². The van der Waals surface area contributed by atoms with E-state index in [1.165, 1.54) is 11.3 Å². The molecule has 0 unspecified atom stereocenters. The second kappa shape index (κ2) is 9.08. The van der Waals surface area contributed by atoms with Crippen LogP contribution >= 0.6 is 22.7 Å². The van der Waals surface area contributed by atoms with Gasteiger partial charge in [-0.3, -0.25) is 19.7 Å². The van der Waals surface area contributed by atoms with Crippen LogP contribution in [-0.2, 0) is 17.8 Å². The molecule has 166 valence electrons. The third-order valence-corrected chi connectivity index (χ3v) is 7.08. The molecule has 0 fully saturated rings. The Balaban J connectivity index is 1.22. The van der Waals surface area contributed by atoms with Crippen molar-refractivity contribution in [3.63, 3.8) is 0 Å². The monoisotopic (exact) mass is 477 g/mol. The van der Waals surface area contributed by atoms with Crippen molar-refractivity contribution in [3.8, 4) is 5.69 Å². The number of benzene rings is 1. The van der Waals surface area contributed by atoms with Gasteiger partial charge in [-0.05, 0) is 35.2 Å². The van der Waals surface area contributed by atoms with Gasteiger partial charge in [-0.2, -0.15) is 16.4 Å². The van der Waals surface area contributed by atoms with E-state index in [-0.39, 0.29) is 24.0 Å². The lowest BCUT2D eigenvalue weighted by molar-refractivity contribution is -0.125. The van der Waals surface area contributed by atoms with Crippen LogP contribution in [0.3, 0.4) is 0 Å². The van der Waals surface area contributed by atoms with Gasteiger partial charge in [0, 0.05) is 37.2 Å². The zero-order chi connectivity index (χ0) is 22.8. The lowest BCUT2D eigenvalue weighted by Gasteiger charge is -2.19. The molecule has 3 aromatic heterocycles. The molecule has 4 aromatic rings. The summed E-state index contributed by atoms with van der Waals surface area (Å²) in [5.74, 6) is -1.05. The first-order valence-electron chi connectivity index (χ1n) is 10.3.